The van der Waals surface area contributed by atoms with Crippen molar-refractivity contribution in [3.8, 4) is 5.75 Å². The quantitative estimate of drug-likeness (QED) is 0.880. The predicted octanol–water partition coefficient (Wildman–Crippen LogP) is 3.08. The molecule has 0 fully saturated rings. The zero-order valence-corrected chi connectivity index (χ0v) is 12.0. The number of hydrogen-bond donors (Lipinski definition) is 1. The zero-order valence-electron chi connectivity index (χ0n) is 12.0. The van der Waals surface area contributed by atoms with Crippen LogP contribution in [-0.2, 0) is 0 Å². The lowest BCUT2D eigenvalue weighted by atomic mass is 10.1. The van der Waals surface area contributed by atoms with Gasteiger partial charge in [0.1, 0.15) is 11.6 Å². The summed E-state index contributed by atoms with van der Waals surface area (Å²) in [6.07, 6.45) is 0. The van der Waals surface area contributed by atoms with Gasteiger partial charge in [0.15, 0.2) is 0 Å². The van der Waals surface area contributed by atoms with Crippen LogP contribution in [-0.4, -0.2) is 19.6 Å². The Hall–Kier alpha value is -2.56. The average Bonchev–Trinajstić information content (AvgIpc) is 2.49. The summed E-state index contributed by atoms with van der Waals surface area (Å²) in [5.74, 6) is -0.686. The summed E-state index contributed by atoms with van der Waals surface area (Å²) in [6, 6.07) is 11.2. The minimum atomic E-state index is -0.618. The molecule has 2 N–H and O–H groups in total. The Bertz CT molecular complexity index is 658. The molecule has 0 unspecified atom stereocenters. The lowest BCUT2D eigenvalue weighted by Crippen LogP contribution is -2.32. The standard InChI is InChI=1S/C16H17FN2O2/c1-3-19(15-7-5-4-6-14(15)18)16(20)12-9-8-11(21-2)10-13(12)17/h4-10H,3,18H2,1-2H3. The van der Waals surface area contributed by atoms with E-state index in [0.29, 0.717) is 23.7 Å². The number of rotatable bonds is 4. The predicted molar refractivity (Wildman–Crippen MR) is 81.2 cm³/mol. The summed E-state index contributed by atoms with van der Waals surface area (Å²) in [5.41, 5.74) is 6.92. The van der Waals surface area contributed by atoms with Gasteiger partial charge in [0.25, 0.3) is 5.91 Å². The van der Waals surface area contributed by atoms with E-state index in [2.05, 4.69) is 0 Å². The molecule has 0 spiro atoms. The number of amides is 1. The molecule has 0 aromatic heterocycles. The number of nitrogen functional groups attached to an aromatic ring is 1. The number of anilines is 2. The molecule has 0 aliphatic rings. The molecule has 4 nitrogen and oxygen atoms in total. The van der Waals surface area contributed by atoms with Crippen molar-refractivity contribution in [3.05, 3.63) is 53.8 Å². The number of nitrogens with zero attached hydrogens (tertiary/aromatic N) is 1. The maximum absolute atomic E-state index is 14.0. The first kappa shape index (κ1) is 14.8. The molecule has 5 heteroatoms. The summed E-state index contributed by atoms with van der Waals surface area (Å²) < 4.78 is 19.0. The molecule has 0 bridgehead atoms. The lowest BCUT2D eigenvalue weighted by Gasteiger charge is -2.23. The monoisotopic (exact) mass is 288 g/mol. The number of halogens is 1. The van der Waals surface area contributed by atoms with E-state index in [1.54, 1.807) is 30.3 Å². The van der Waals surface area contributed by atoms with Crippen molar-refractivity contribution in [2.24, 2.45) is 0 Å². The van der Waals surface area contributed by atoms with Crippen LogP contribution in [0.25, 0.3) is 0 Å². The van der Waals surface area contributed by atoms with Crippen molar-refractivity contribution in [2.45, 2.75) is 6.92 Å². The SMILES string of the molecule is CCN(C(=O)c1ccc(OC)cc1F)c1ccccc1N. The molecular weight excluding hydrogens is 271 g/mol. The topological polar surface area (TPSA) is 55.6 Å². The molecular formula is C16H17FN2O2. The van der Waals surface area contributed by atoms with Crippen LogP contribution in [0.3, 0.4) is 0 Å². The van der Waals surface area contributed by atoms with E-state index < -0.39 is 11.7 Å². The fraction of sp³-hybridized carbons (Fsp3) is 0.188. The van der Waals surface area contributed by atoms with Gasteiger partial charge in [0.2, 0.25) is 0 Å². The Morgan fingerprint density at radius 2 is 2.00 bits per heavy atom. The van der Waals surface area contributed by atoms with Crippen LogP contribution in [0.4, 0.5) is 15.8 Å². The van der Waals surface area contributed by atoms with Crippen molar-refractivity contribution >= 4 is 17.3 Å². The van der Waals surface area contributed by atoms with E-state index in [0.717, 1.165) is 0 Å². The largest absolute Gasteiger partial charge is 0.497 e. The van der Waals surface area contributed by atoms with Crippen LogP contribution < -0.4 is 15.4 Å². The fourth-order valence-electron chi connectivity index (χ4n) is 2.10. The molecule has 110 valence electrons. The Kier molecular flexibility index (Phi) is 4.42. The first-order chi connectivity index (χ1) is 10.1. The average molecular weight is 288 g/mol. The van der Waals surface area contributed by atoms with Gasteiger partial charge < -0.3 is 15.4 Å². The number of nitrogens with two attached hydrogens (primary N) is 1. The maximum atomic E-state index is 14.0. The summed E-state index contributed by atoms with van der Waals surface area (Å²) >= 11 is 0. The van der Waals surface area contributed by atoms with Gasteiger partial charge in [-0.25, -0.2) is 4.39 Å². The Balaban J connectivity index is 2.39. The summed E-state index contributed by atoms with van der Waals surface area (Å²) in [5, 5.41) is 0. The Morgan fingerprint density at radius 1 is 1.29 bits per heavy atom. The normalized spacial score (nSPS) is 10.2. The van der Waals surface area contributed by atoms with E-state index in [9.17, 15) is 9.18 Å². The molecule has 0 saturated heterocycles. The number of carbonyl (C=O) groups excluding carboxylic acids is 1. The van der Waals surface area contributed by atoms with Crippen LogP contribution >= 0.6 is 0 Å². The minimum absolute atomic E-state index is 0.0131. The van der Waals surface area contributed by atoms with E-state index in [4.69, 9.17) is 10.5 Å². The number of benzene rings is 2. The number of methoxy groups -OCH3 is 1. The van der Waals surface area contributed by atoms with Crippen molar-refractivity contribution in [1.82, 2.24) is 0 Å². The Morgan fingerprint density at radius 3 is 2.57 bits per heavy atom. The number of carbonyl (C=O) groups is 1. The van der Waals surface area contributed by atoms with E-state index in [1.165, 1.54) is 24.1 Å². The first-order valence-electron chi connectivity index (χ1n) is 6.58. The van der Waals surface area contributed by atoms with Crippen LogP contribution in [0.2, 0.25) is 0 Å². The van der Waals surface area contributed by atoms with Gasteiger partial charge in [-0.15, -0.1) is 0 Å². The third-order valence-electron chi connectivity index (χ3n) is 3.20. The Labute approximate surface area is 122 Å². The van der Waals surface area contributed by atoms with E-state index in [-0.39, 0.29) is 5.56 Å². The molecule has 0 heterocycles. The van der Waals surface area contributed by atoms with Crippen LogP contribution in [0.15, 0.2) is 42.5 Å². The highest BCUT2D eigenvalue weighted by Crippen LogP contribution is 2.25. The number of para-hydroxylation sites is 2. The highest BCUT2D eigenvalue weighted by molar-refractivity contribution is 6.07. The minimum Gasteiger partial charge on any atom is -0.497 e. The summed E-state index contributed by atoms with van der Waals surface area (Å²) in [6.45, 7) is 2.20. The highest BCUT2D eigenvalue weighted by atomic mass is 19.1. The second kappa shape index (κ2) is 6.26. The summed E-state index contributed by atoms with van der Waals surface area (Å²) in [7, 11) is 1.44. The third kappa shape index (κ3) is 2.97. The van der Waals surface area contributed by atoms with Gasteiger partial charge >= 0.3 is 0 Å². The van der Waals surface area contributed by atoms with Gasteiger partial charge in [0, 0.05) is 12.6 Å². The molecule has 2 aromatic rings. The van der Waals surface area contributed by atoms with Gasteiger partial charge in [-0.3, -0.25) is 4.79 Å². The first-order valence-corrected chi connectivity index (χ1v) is 6.58. The van der Waals surface area contributed by atoms with Crippen molar-refractivity contribution in [1.29, 1.82) is 0 Å². The molecule has 0 atom stereocenters. The number of hydrogen-bond acceptors (Lipinski definition) is 3. The molecule has 21 heavy (non-hydrogen) atoms. The smallest absolute Gasteiger partial charge is 0.261 e. The lowest BCUT2D eigenvalue weighted by molar-refractivity contribution is 0.0984. The van der Waals surface area contributed by atoms with Crippen LogP contribution in [0.1, 0.15) is 17.3 Å². The van der Waals surface area contributed by atoms with Crippen LogP contribution in [0.5, 0.6) is 5.75 Å². The van der Waals surface area contributed by atoms with Gasteiger partial charge in [-0.2, -0.15) is 0 Å². The van der Waals surface area contributed by atoms with Crippen molar-refractivity contribution in [2.75, 3.05) is 24.3 Å². The van der Waals surface area contributed by atoms with Gasteiger partial charge in [0.05, 0.1) is 24.0 Å². The second-order valence-corrected chi connectivity index (χ2v) is 4.45. The fourth-order valence-corrected chi connectivity index (χ4v) is 2.10. The third-order valence-corrected chi connectivity index (χ3v) is 3.20. The van der Waals surface area contributed by atoms with E-state index >= 15 is 0 Å². The van der Waals surface area contributed by atoms with Gasteiger partial charge in [-0.1, -0.05) is 12.1 Å². The van der Waals surface area contributed by atoms with Crippen molar-refractivity contribution in [3.63, 3.8) is 0 Å². The molecule has 0 aliphatic carbocycles. The maximum Gasteiger partial charge on any atom is 0.261 e. The highest BCUT2D eigenvalue weighted by Gasteiger charge is 2.21. The van der Waals surface area contributed by atoms with Crippen molar-refractivity contribution < 1.29 is 13.9 Å². The van der Waals surface area contributed by atoms with Crippen LogP contribution in [0, 0.1) is 5.82 Å². The molecule has 2 rings (SSSR count). The molecule has 0 aliphatic heterocycles. The molecule has 0 saturated carbocycles. The number of ether oxygens (including phenoxy) is 1. The molecule has 0 radical (unpaired) electrons. The van der Waals surface area contributed by atoms with Gasteiger partial charge in [-0.05, 0) is 31.2 Å². The second-order valence-electron chi connectivity index (χ2n) is 4.45. The zero-order chi connectivity index (χ0) is 15.4. The van der Waals surface area contributed by atoms with E-state index in [1.807, 2.05) is 6.92 Å². The molecule has 2 aromatic carbocycles. The molecule has 1 amide bonds. The summed E-state index contributed by atoms with van der Waals surface area (Å²) in [4.78, 5) is 14.0.